The molecule has 0 fully saturated rings. The minimum absolute atomic E-state index is 0.163. The van der Waals surface area contributed by atoms with Crippen LogP contribution in [0.4, 0.5) is 15.8 Å². The van der Waals surface area contributed by atoms with Crippen LogP contribution in [0, 0.1) is 12.7 Å². The molecule has 0 bridgehead atoms. The number of aryl methyl sites for hydroxylation is 1. The Hall–Kier alpha value is -3.44. The second-order valence-corrected chi connectivity index (χ2v) is 7.06. The highest BCUT2D eigenvalue weighted by Gasteiger charge is 2.40. The van der Waals surface area contributed by atoms with Crippen LogP contribution >= 0.6 is 11.6 Å². The third kappa shape index (κ3) is 3.52. The van der Waals surface area contributed by atoms with E-state index in [1.165, 1.54) is 24.3 Å². The molecule has 0 saturated heterocycles. The lowest BCUT2D eigenvalue weighted by Crippen LogP contribution is -2.32. The van der Waals surface area contributed by atoms with Gasteiger partial charge >= 0.3 is 0 Å². The molecule has 1 aliphatic rings. The molecular formula is C23H16ClFN2O2. The molecule has 1 aliphatic heterocycles. The highest BCUT2D eigenvalue weighted by molar-refractivity contribution is 6.46. The number of hydrogen-bond acceptors (Lipinski definition) is 3. The molecule has 0 saturated carbocycles. The van der Waals surface area contributed by atoms with Crippen LogP contribution in [0.15, 0.2) is 78.5 Å². The Labute approximate surface area is 172 Å². The van der Waals surface area contributed by atoms with E-state index in [2.05, 4.69) is 5.32 Å². The van der Waals surface area contributed by atoms with Crippen LogP contribution in [0.5, 0.6) is 0 Å². The largest absolute Gasteiger partial charge is 0.350 e. The molecule has 144 valence electrons. The zero-order chi connectivity index (χ0) is 20.5. The number of benzene rings is 3. The topological polar surface area (TPSA) is 49.4 Å². The van der Waals surface area contributed by atoms with Gasteiger partial charge in [-0.15, -0.1) is 0 Å². The fourth-order valence-electron chi connectivity index (χ4n) is 3.24. The Balaban J connectivity index is 1.82. The van der Waals surface area contributed by atoms with Gasteiger partial charge in [-0.25, -0.2) is 9.29 Å². The van der Waals surface area contributed by atoms with E-state index in [9.17, 15) is 14.0 Å². The zero-order valence-electron chi connectivity index (χ0n) is 15.4. The second-order valence-electron chi connectivity index (χ2n) is 6.62. The van der Waals surface area contributed by atoms with Gasteiger partial charge in [0.25, 0.3) is 11.8 Å². The van der Waals surface area contributed by atoms with Crippen molar-refractivity contribution >= 4 is 40.4 Å². The van der Waals surface area contributed by atoms with Crippen molar-refractivity contribution in [3.63, 3.8) is 0 Å². The third-order valence-electron chi connectivity index (χ3n) is 4.68. The van der Waals surface area contributed by atoms with Crippen LogP contribution in [-0.2, 0) is 9.59 Å². The lowest BCUT2D eigenvalue weighted by Gasteiger charge is -2.15. The molecule has 3 aromatic rings. The highest BCUT2D eigenvalue weighted by Crippen LogP contribution is 2.34. The summed E-state index contributed by atoms with van der Waals surface area (Å²) in [5.41, 5.74) is 2.84. The van der Waals surface area contributed by atoms with Gasteiger partial charge in [-0.1, -0.05) is 41.9 Å². The molecule has 29 heavy (non-hydrogen) atoms. The van der Waals surface area contributed by atoms with Gasteiger partial charge in [-0.2, -0.15) is 0 Å². The van der Waals surface area contributed by atoms with Crippen molar-refractivity contribution in [2.45, 2.75) is 6.92 Å². The van der Waals surface area contributed by atoms with Gasteiger partial charge in [0.2, 0.25) is 0 Å². The molecule has 0 atom stereocenters. The molecule has 2 amide bonds. The van der Waals surface area contributed by atoms with Crippen LogP contribution in [0.25, 0.3) is 5.57 Å². The predicted molar refractivity (Wildman–Crippen MR) is 112 cm³/mol. The Morgan fingerprint density at radius 3 is 2.24 bits per heavy atom. The molecule has 0 unspecified atom stereocenters. The summed E-state index contributed by atoms with van der Waals surface area (Å²) < 4.78 is 13.3. The molecule has 4 nitrogen and oxygen atoms in total. The summed E-state index contributed by atoms with van der Waals surface area (Å²) in [7, 11) is 0. The Kier molecular flexibility index (Phi) is 4.91. The summed E-state index contributed by atoms with van der Waals surface area (Å²) in [5.74, 6) is -1.42. The Morgan fingerprint density at radius 1 is 0.897 bits per heavy atom. The van der Waals surface area contributed by atoms with Crippen molar-refractivity contribution in [2.75, 3.05) is 10.2 Å². The van der Waals surface area contributed by atoms with Gasteiger partial charge in [-0.05, 0) is 60.5 Å². The molecule has 0 aromatic heterocycles. The Morgan fingerprint density at radius 2 is 1.59 bits per heavy atom. The minimum Gasteiger partial charge on any atom is -0.350 e. The van der Waals surface area contributed by atoms with E-state index < -0.39 is 17.6 Å². The van der Waals surface area contributed by atoms with Crippen molar-refractivity contribution in [3.05, 3.63) is 100 Å². The first-order valence-electron chi connectivity index (χ1n) is 8.93. The zero-order valence-corrected chi connectivity index (χ0v) is 16.2. The lowest BCUT2D eigenvalue weighted by molar-refractivity contribution is -0.120. The number of imide groups is 1. The van der Waals surface area contributed by atoms with E-state index in [0.29, 0.717) is 22.0 Å². The molecule has 1 N–H and O–H groups in total. The van der Waals surface area contributed by atoms with Crippen LogP contribution in [0.1, 0.15) is 11.1 Å². The molecule has 0 spiro atoms. The maximum atomic E-state index is 13.3. The number of carbonyl (C=O) groups excluding carboxylic acids is 2. The average Bonchev–Trinajstić information content (AvgIpc) is 2.95. The van der Waals surface area contributed by atoms with E-state index >= 15 is 0 Å². The minimum atomic E-state index is -0.505. The average molecular weight is 407 g/mol. The number of carbonyl (C=O) groups is 2. The smallest absolute Gasteiger partial charge is 0.282 e. The Bertz CT molecular complexity index is 1140. The van der Waals surface area contributed by atoms with Crippen molar-refractivity contribution in [2.24, 2.45) is 0 Å². The molecule has 0 radical (unpaired) electrons. The van der Waals surface area contributed by atoms with Gasteiger partial charge in [0.05, 0.1) is 11.3 Å². The summed E-state index contributed by atoms with van der Waals surface area (Å²) >= 11 is 6.03. The standard InChI is InChI=1S/C23H16ClFN2O2/c1-14-13-16(24)7-12-19(14)26-21-20(15-5-3-2-4-6-15)22(28)27(23(21)29)18-10-8-17(25)9-11-18/h2-13,26H,1H3. The molecule has 4 rings (SSSR count). The lowest BCUT2D eigenvalue weighted by atomic mass is 10.0. The maximum Gasteiger partial charge on any atom is 0.282 e. The van der Waals surface area contributed by atoms with E-state index in [1.807, 2.05) is 13.0 Å². The van der Waals surface area contributed by atoms with Gasteiger partial charge in [-0.3, -0.25) is 9.59 Å². The molecular weight excluding hydrogens is 391 g/mol. The summed E-state index contributed by atoms with van der Waals surface area (Å²) in [6.45, 7) is 1.86. The van der Waals surface area contributed by atoms with Crippen LogP contribution in [0.3, 0.4) is 0 Å². The number of nitrogens with zero attached hydrogens (tertiary/aromatic N) is 1. The summed E-state index contributed by atoms with van der Waals surface area (Å²) in [6, 6.07) is 19.4. The monoisotopic (exact) mass is 406 g/mol. The second kappa shape index (κ2) is 7.53. The molecule has 6 heteroatoms. The molecule has 1 heterocycles. The summed E-state index contributed by atoms with van der Waals surface area (Å²) in [6.07, 6.45) is 0. The van der Waals surface area contributed by atoms with Crippen LogP contribution in [0.2, 0.25) is 5.02 Å². The third-order valence-corrected chi connectivity index (χ3v) is 4.91. The first-order chi connectivity index (χ1) is 14.0. The van der Waals surface area contributed by atoms with Gasteiger partial charge in [0.15, 0.2) is 0 Å². The number of nitrogens with one attached hydrogen (secondary N) is 1. The molecule has 0 aliphatic carbocycles. The first-order valence-corrected chi connectivity index (χ1v) is 9.31. The SMILES string of the molecule is Cc1cc(Cl)ccc1NC1=C(c2ccccc2)C(=O)N(c2ccc(F)cc2)C1=O. The predicted octanol–water partition coefficient (Wildman–Crippen LogP) is 5.18. The number of anilines is 2. The van der Waals surface area contributed by atoms with Crippen LogP contribution < -0.4 is 10.2 Å². The highest BCUT2D eigenvalue weighted by atomic mass is 35.5. The van der Waals surface area contributed by atoms with Gasteiger partial charge < -0.3 is 5.32 Å². The van der Waals surface area contributed by atoms with Crippen molar-refractivity contribution in [1.82, 2.24) is 0 Å². The quantitative estimate of drug-likeness (QED) is 0.607. The summed E-state index contributed by atoms with van der Waals surface area (Å²) in [5, 5.41) is 3.69. The number of rotatable bonds is 4. The number of halogens is 2. The van der Waals surface area contributed by atoms with E-state index in [1.54, 1.807) is 42.5 Å². The van der Waals surface area contributed by atoms with E-state index in [4.69, 9.17) is 11.6 Å². The van der Waals surface area contributed by atoms with Gasteiger partial charge in [0.1, 0.15) is 11.5 Å². The van der Waals surface area contributed by atoms with Gasteiger partial charge in [0, 0.05) is 10.7 Å². The fraction of sp³-hybridized carbons (Fsp3) is 0.0435. The normalized spacial score (nSPS) is 14.0. The fourth-order valence-corrected chi connectivity index (χ4v) is 3.47. The van der Waals surface area contributed by atoms with E-state index in [0.717, 1.165) is 10.5 Å². The van der Waals surface area contributed by atoms with Crippen LogP contribution in [-0.4, -0.2) is 11.8 Å². The first kappa shape index (κ1) is 18.9. The van der Waals surface area contributed by atoms with Crippen molar-refractivity contribution in [1.29, 1.82) is 0 Å². The van der Waals surface area contributed by atoms with Crippen molar-refractivity contribution < 1.29 is 14.0 Å². The molecule has 3 aromatic carbocycles. The maximum absolute atomic E-state index is 13.3. The van der Waals surface area contributed by atoms with E-state index in [-0.39, 0.29) is 11.3 Å². The van der Waals surface area contributed by atoms with Crippen molar-refractivity contribution in [3.8, 4) is 0 Å². The summed E-state index contributed by atoms with van der Waals surface area (Å²) in [4.78, 5) is 27.5. The number of hydrogen-bond donors (Lipinski definition) is 1. The number of amides is 2.